The first-order valence-electron chi connectivity index (χ1n) is 4.52. The molecule has 0 saturated heterocycles. The van der Waals surface area contributed by atoms with Gasteiger partial charge in [-0.3, -0.25) is 0 Å². The fraction of sp³-hybridized carbons (Fsp3) is 0.182. The normalized spacial score (nSPS) is 11.0. The second-order valence-electron chi connectivity index (χ2n) is 3.01. The molecule has 0 heterocycles. The first-order valence-corrected chi connectivity index (χ1v) is 5.31. The molecule has 0 aliphatic heterocycles. The Bertz CT molecular complexity index is 440. The van der Waals surface area contributed by atoms with Crippen molar-refractivity contribution in [2.24, 2.45) is 5.73 Å². The molecule has 1 aromatic carbocycles. The van der Waals surface area contributed by atoms with Crippen LogP contribution in [0.5, 0.6) is 5.75 Å². The third-order valence-corrected chi connectivity index (χ3v) is 2.56. The van der Waals surface area contributed by atoms with Gasteiger partial charge in [-0.2, -0.15) is 5.26 Å². The molecule has 0 bridgehead atoms. The summed E-state index contributed by atoms with van der Waals surface area (Å²) < 4.78 is 18.1. The summed E-state index contributed by atoms with van der Waals surface area (Å²) in [5, 5.41) is 8.71. The Kier molecular flexibility index (Phi) is 4.96. The topological polar surface area (TPSA) is 59.0 Å². The molecule has 0 radical (unpaired) electrons. The van der Waals surface area contributed by atoms with Crippen molar-refractivity contribution in [2.75, 3.05) is 13.2 Å². The Balaban J connectivity index is 2.70. The van der Waals surface area contributed by atoms with Crippen LogP contribution in [0.1, 0.15) is 5.56 Å². The molecule has 0 saturated carbocycles. The van der Waals surface area contributed by atoms with Gasteiger partial charge in [-0.05, 0) is 34.1 Å². The molecule has 5 heteroatoms. The summed E-state index contributed by atoms with van der Waals surface area (Å²) in [6.45, 7) is 0.222. The van der Waals surface area contributed by atoms with Crippen molar-refractivity contribution in [3.8, 4) is 11.8 Å². The van der Waals surface area contributed by atoms with E-state index in [2.05, 4.69) is 15.9 Å². The molecule has 1 rings (SSSR count). The van der Waals surface area contributed by atoms with Crippen molar-refractivity contribution in [3.05, 3.63) is 40.1 Å². The number of rotatable bonds is 4. The fourth-order valence-corrected chi connectivity index (χ4v) is 1.43. The number of halogens is 2. The average Bonchev–Trinajstić information content (AvgIpc) is 2.30. The lowest BCUT2D eigenvalue weighted by atomic mass is 10.2. The van der Waals surface area contributed by atoms with Crippen LogP contribution >= 0.6 is 15.9 Å². The Morgan fingerprint density at radius 3 is 2.88 bits per heavy atom. The van der Waals surface area contributed by atoms with Crippen molar-refractivity contribution in [3.63, 3.8) is 0 Å². The summed E-state index contributed by atoms with van der Waals surface area (Å²) in [5.41, 5.74) is 6.18. The van der Waals surface area contributed by atoms with E-state index in [1.165, 1.54) is 0 Å². The maximum absolute atomic E-state index is 12.2. The van der Waals surface area contributed by atoms with Crippen LogP contribution in [0.3, 0.4) is 0 Å². The number of hydrogen-bond acceptors (Lipinski definition) is 3. The first kappa shape index (κ1) is 12.7. The molecule has 0 fully saturated rings. The fourth-order valence-electron chi connectivity index (χ4n) is 0.987. The van der Waals surface area contributed by atoms with E-state index in [-0.39, 0.29) is 13.2 Å². The zero-order valence-electron chi connectivity index (χ0n) is 8.41. The first-order chi connectivity index (χ1) is 7.71. The highest BCUT2D eigenvalue weighted by Gasteiger charge is 2.02. The molecule has 2 N–H and O–H groups in total. The maximum atomic E-state index is 12.2. The average molecular weight is 285 g/mol. The molecule has 84 valence electrons. The van der Waals surface area contributed by atoms with Crippen molar-refractivity contribution >= 4 is 15.9 Å². The van der Waals surface area contributed by atoms with Crippen LogP contribution in [0, 0.1) is 11.3 Å². The molecular weight excluding hydrogens is 275 g/mol. The summed E-state index contributed by atoms with van der Waals surface area (Å²) >= 11 is 3.23. The van der Waals surface area contributed by atoms with Gasteiger partial charge in [0.25, 0.3) is 0 Å². The van der Waals surface area contributed by atoms with Gasteiger partial charge < -0.3 is 10.5 Å². The number of hydrogen-bond donors (Lipinski definition) is 1. The Hall–Kier alpha value is -1.38. The third-order valence-electron chi connectivity index (χ3n) is 1.90. The van der Waals surface area contributed by atoms with Gasteiger partial charge in [0.1, 0.15) is 18.4 Å². The highest BCUT2D eigenvalue weighted by atomic mass is 79.9. The van der Waals surface area contributed by atoms with Gasteiger partial charge in [-0.1, -0.05) is 0 Å². The lowest BCUT2D eigenvalue weighted by molar-refractivity contribution is 0.347. The Morgan fingerprint density at radius 1 is 1.62 bits per heavy atom. The third kappa shape index (κ3) is 3.33. The van der Waals surface area contributed by atoms with E-state index in [1.807, 2.05) is 6.07 Å². The number of ether oxygens (including phenoxy) is 1. The molecular formula is C11H10BrFN2O. The number of nitrogens with zero attached hydrogens (tertiary/aromatic N) is 1. The van der Waals surface area contributed by atoms with Gasteiger partial charge >= 0.3 is 0 Å². The minimum Gasteiger partial charge on any atom is -0.489 e. The lowest BCUT2D eigenvalue weighted by Crippen LogP contribution is -2.10. The maximum Gasteiger partial charge on any atom is 0.121 e. The Morgan fingerprint density at radius 2 is 2.38 bits per heavy atom. The number of benzene rings is 1. The lowest BCUT2D eigenvalue weighted by Gasteiger charge is -2.07. The van der Waals surface area contributed by atoms with Gasteiger partial charge in [0, 0.05) is 16.6 Å². The summed E-state index contributed by atoms with van der Waals surface area (Å²) in [4.78, 5) is 0. The van der Waals surface area contributed by atoms with Crippen molar-refractivity contribution in [1.82, 2.24) is 0 Å². The van der Waals surface area contributed by atoms with E-state index >= 15 is 0 Å². The highest BCUT2D eigenvalue weighted by molar-refractivity contribution is 9.10. The molecule has 3 nitrogen and oxygen atoms in total. The SMILES string of the molecule is N#Cc1ccc(OC/C(=C/F)CN)cc1Br. The van der Waals surface area contributed by atoms with Crippen molar-refractivity contribution in [2.45, 2.75) is 0 Å². The van der Waals surface area contributed by atoms with Crippen LogP contribution in [0.25, 0.3) is 0 Å². The van der Waals surface area contributed by atoms with E-state index < -0.39 is 0 Å². The van der Waals surface area contributed by atoms with Crippen LogP contribution in [-0.2, 0) is 0 Å². The highest BCUT2D eigenvalue weighted by Crippen LogP contribution is 2.22. The second-order valence-corrected chi connectivity index (χ2v) is 3.87. The zero-order valence-corrected chi connectivity index (χ0v) is 10.00. The van der Waals surface area contributed by atoms with E-state index in [0.717, 1.165) is 0 Å². The van der Waals surface area contributed by atoms with E-state index in [9.17, 15) is 4.39 Å². The molecule has 1 aromatic rings. The summed E-state index contributed by atoms with van der Waals surface area (Å²) in [6.07, 6.45) is 0.443. The molecule has 0 amide bonds. The van der Waals surface area contributed by atoms with Crippen LogP contribution in [0.4, 0.5) is 4.39 Å². The molecule has 0 spiro atoms. The molecule has 0 atom stereocenters. The monoisotopic (exact) mass is 284 g/mol. The smallest absolute Gasteiger partial charge is 0.121 e. The van der Waals surface area contributed by atoms with Crippen LogP contribution < -0.4 is 10.5 Å². The van der Waals surface area contributed by atoms with Gasteiger partial charge in [-0.25, -0.2) is 4.39 Å². The summed E-state index contributed by atoms with van der Waals surface area (Å²) in [7, 11) is 0. The minimum absolute atomic E-state index is 0.103. The predicted molar refractivity (Wildman–Crippen MR) is 62.6 cm³/mol. The predicted octanol–water partition coefficient (Wildman–Crippen LogP) is 2.51. The largest absolute Gasteiger partial charge is 0.489 e. The van der Waals surface area contributed by atoms with Gasteiger partial charge in [-0.15, -0.1) is 0 Å². The van der Waals surface area contributed by atoms with Crippen molar-refractivity contribution < 1.29 is 9.13 Å². The van der Waals surface area contributed by atoms with Crippen LogP contribution in [0.15, 0.2) is 34.6 Å². The van der Waals surface area contributed by atoms with Gasteiger partial charge in [0.05, 0.1) is 11.9 Å². The van der Waals surface area contributed by atoms with E-state index in [4.69, 9.17) is 15.7 Å². The van der Waals surface area contributed by atoms with Crippen LogP contribution in [-0.4, -0.2) is 13.2 Å². The van der Waals surface area contributed by atoms with Gasteiger partial charge in [0.2, 0.25) is 0 Å². The van der Waals surface area contributed by atoms with Gasteiger partial charge in [0.15, 0.2) is 0 Å². The molecule has 0 aromatic heterocycles. The van der Waals surface area contributed by atoms with Crippen LogP contribution in [0.2, 0.25) is 0 Å². The summed E-state index contributed by atoms with van der Waals surface area (Å²) in [5.74, 6) is 0.554. The zero-order chi connectivity index (χ0) is 12.0. The van der Waals surface area contributed by atoms with E-state index in [0.29, 0.717) is 27.7 Å². The second kappa shape index (κ2) is 6.26. The minimum atomic E-state index is 0.103. The summed E-state index contributed by atoms with van der Waals surface area (Å²) in [6, 6.07) is 6.95. The van der Waals surface area contributed by atoms with E-state index in [1.54, 1.807) is 18.2 Å². The van der Waals surface area contributed by atoms with Crippen molar-refractivity contribution in [1.29, 1.82) is 5.26 Å². The molecule has 0 unspecified atom stereocenters. The number of nitrogens with two attached hydrogens (primary N) is 1. The molecule has 0 aliphatic rings. The standard InChI is InChI=1S/C11H10BrFN2O/c12-11-3-10(2-1-9(11)6-15)16-7-8(4-13)5-14/h1-4H,5,7,14H2/b8-4+. The quantitative estimate of drug-likeness (QED) is 0.924. The molecule has 16 heavy (non-hydrogen) atoms. The number of nitriles is 1. The Labute approximate surface area is 101 Å². The molecule has 0 aliphatic carbocycles.